The molecule has 0 aliphatic rings. The molecule has 8 N–H and O–H groups in total. The van der Waals surface area contributed by atoms with Crippen LogP contribution in [0.2, 0.25) is 0 Å². The quantitative estimate of drug-likeness (QED) is 0.225. The first-order valence-corrected chi connectivity index (χ1v) is 0.651. The molecule has 0 rings (SSSR count). The van der Waals surface area contributed by atoms with E-state index in [4.69, 9.17) is 15.0 Å². The SMILES string of the molecule is N.N.O=C(O)O.[CH3-].[Na+]. The van der Waals surface area contributed by atoms with Crippen molar-refractivity contribution in [3.05, 3.63) is 7.43 Å². The predicted molar refractivity (Wildman–Crippen MR) is 27.1 cm³/mol. The molecule has 0 aromatic rings. The maximum atomic E-state index is 8.56. The van der Waals surface area contributed by atoms with Crippen molar-refractivity contribution in [2.45, 2.75) is 0 Å². The Morgan fingerprint density at radius 1 is 1.12 bits per heavy atom. The maximum Gasteiger partial charge on any atom is 1.00 e. The summed E-state index contributed by atoms with van der Waals surface area (Å²) in [6.45, 7) is 0. The maximum absolute atomic E-state index is 8.56. The van der Waals surface area contributed by atoms with Crippen LogP contribution >= 0.6 is 0 Å². The van der Waals surface area contributed by atoms with Crippen LogP contribution in [0, 0.1) is 7.43 Å². The molecule has 0 unspecified atom stereocenters. The summed E-state index contributed by atoms with van der Waals surface area (Å²) in [5, 5.41) is 13.9. The van der Waals surface area contributed by atoms with Gasteiger partial charge in [-0.2, -0.15) is 0 Å². The van der Waals surface area contributed by atoms with E-state index in [-0.39, 0.29) is 49.3 Å². The summed E-state index contributed by atoms with van der Waals surface area (Å²) in [5.74, 6) is 0. The zero-order valence-corrected chi connectivity index (χ0v) is 7.22. The molecule has 0 amide bonds. The summed E-state index contributed by atoms with van der Waals surface area (Å²) in [4.78, 5) is 8.56. The van der Waals surface area contributed by atoms with Gasteiger partial charge in [0.25, 0.3) is 0 Å². The molecule has 0 saturated heterocycles. The Hall–Kier alpha value is 0.190. The second-order valence-corrected chi connectivity index (χ2v) is 0.283. The zero-order valence-electron chi connectivity index (χ0n) is 5.22. The van der Waals surface area contributed by atoms with Crippen molar-refractivity contribution >= 4 is 6.16 Å². The van der Waals surface area contributed by atoms with Crippen LogP contribution in [-0.4, -0.2) is 16.4 Å². The minimum absolute atomic E-state index is 0. The Bertz CT molecular complexity index is 38.3. The molecule has 0 aromatic carbocycles. The van der Waals surface area contributed by atoms with Gasteiger partial charge >= 0.3 is 35.7 Å². The van der Waals surface area contributed by atoms with Crippen molar-refractivity contribution in [3.63, 3.8) is 0 Å². The molecule has 0 heterocycles. The van der Waals surface area contributed by atoms with E-state index in [0.29, 0.717) is 0 Å². The van der Waals surface area contributed by atoms with Crippen LogP contribution in [0.5, 0.6) is 0 Å². The van der Waals surface area contributed by atoms with Crippen molar-refractivity contribution in [1.29, 1.82) is 0 Å². The Balaban J connectivity index is -0.00000000750. The molecular formula is C2H11N2NaO3. The van der Waals surface area contributed by atoms with Crippen LogP contribution in [0.1, 0.15) is 0 Å². The summed E-state index contributed by atoms with van der Waals surface area (Å²) in [6.07, 6.45) is -1.83. The summed E-state index contributed by atoms with van der Waals surface area (Å²) in [6, 6.07) is 0. The first-order valence-electron chi connectivity index (χ1n) is 0.651. The molecule has 0 spiro atoms. The van der Waals surface area contributed by atoms with Crippen molar-refractivity contribution < 1.29 is 44.6 Å². The minimum atomic E-state index is -1.83. The minimum Gasteiger partial charge on any atom is -0.450 e. The number of carboxylic acid groups (broad SMARTS) is 2. The van der Waals surface area contributed by atoms with Crippen LogP contribution < -0.4 is 41.9 Å². The van der Waals surface area contributed by atoms with Gasteiger partial charge in [0.1, 0.15) is 0 Å². The fraction of sp³-hybridized carbons (Fsp3) is 0. The third-order valence-electron chi connectivity index (χ3n) is 0. The van der Waals surface area contributed by atoms with Gasteiger partial charge in [-0.25, -0.2) is 4.79 Å². The van der Waals surface area contributed by atoms with Crippen molar-refractivity contribution in [2.24, 2.45) is 0 Å². The van der Waals surface area contributed by atoms with Gasteiger partial charge in [0.15, 0.2) is 0 Å². The van der Waals surface area contributed by atoms with E-state index in [1.54, 1.807) is 0 Å². The summed E-state index contributed by atoms with van der Waals surface area (Å²) < 4.78 is 0. The van der Waals surface area contributed by atoms with E-state index >= 15 is 0 Å². The van der Waals surface area contributed by atoms with Gasteiger partial charge in [0.2, 0.25) is 0 Å². The average Bonchev–Trinajstić information content (AvgIpc) is 0.811. The van der Waals surface area contributed by atoms with Gasteiger partial charge in [0.05, 0.1) is 0 Å². The molecule has 6 heteroatoms. The van der Waals surface area contributed by atoms with Gasteiger partial charge in [-0.3, -0.25) is 0 Å². The molecule has 48 valence electrons. The third-order valence-corrected chi connectivity index (χ3v) is 0. The standard InChI is InChI=1S/CH2O3.CH3.2H3N.Na/c2-1(3)4;;;;/h(H2,2,3,4);3*1H3;/q;-1;;;+1. The largest absolute Gasteiger partial charge is 1.00 e. The molecule has 0 atom stereocenters. The fourth-order valence-electron chi connectivity index (χ4n) is 0. The normalized spacial score (nSPS) is 3.00. The molecule has 0 aliphatic heterocycles. The average molecular weight is 134 g/mol. The number of hydrogen-bond acceptors (Lipinski definition) is 3. The second kappa shape index (κ2) is 27.1. The van der Waals surface area contributed by atoms with Crippen LogP contribution in [0.25, 0.3) is 0 Å². The fourth-order valence-corrected chi connectivity index (χ4v) is 0. The van der Waals surface area contributed by atoms with Gasteiger partial charge in [-0.15, -0.1) is 0 Å². The summed E-state index contributed by atoms with van der Waals surface area (Å²) in [5.41, 5.74) is 0. The number of carbonyl (C=O) groups is 1. The van der Waals surface area contributed by atoms with Crippen molar-refractivity contribution in [3.8, 4) is 0 Å². The van der Waals surface area contributed by atoms with Gasteiger partial charge < -0.3 is 29.9 Å². The summed E-state index contributed by atoms with van der Waals surface area (Å²) >= 11 is 0. The molecule has 8 heavy (non-hydrogen) atoms. The monoisotopic (exact) mass is 134 g/mol. The van der Waals surface area contributed by atoms with E-state index in [9.17, 15) is 0 Å². The molecule has 0 aliphatic carbocycles. The Kier molecular flexibility index (Phi) is 141. The van der Waals surface area contributed by atoms with Gasteiger partial charge in [0, 0.05) is 0 Å². The van der Waals surface area contributed by atoms with E-state index in [2.05, 4.69) is 0 Å². The molecular weight excluding hydrogens is 123 g/mol. The van der Waals surface area contributed by atoms with Crippen molar-refractivity contribution in [1.82, 2.24) is 12.3 Å². The zero-order chi connectivity index (χ0) is 3.58. The summed E-state index contributed by atoms with van der Waals surface area (Å²) in [7, 11) is 0. The second-order valence-electron chi connectivity index (χ2n) is 0.283. The Morgan fingerprint density at radius 3 is 1.12 bits per heavy atom. The Labute approximate surface area is 70.5 Å². The van der Waals surface area contributed by atoms with E-state index in [1.807, 2.05) is 0 Å². The first kappa shape index (κ1) is 41.6. The van der Waals surface area contributed by atoms with Crippen LogP contribution in [0.4, 0.5) is 4.79 Å². The van der Waals surface area contributed by atoms with Crippen LogP contribution in [0.3, 0.4) is 0 Å². The topological polar surface area (TPSA) is 128 Å². The first-order chi connectivity index (χ1) is 1.73. The molecule has 0 fully saturated rings. The van der Waals surface area contributed by atoms with Gasteiger partial charge in [-0.05, 0) is 0 Å². The molecule has 0 bridgehead atoms. The van der Waals surface area contributed by atoms with Gasteiger partial charge in [-0.1, -0.05) is 0 Å². The number of hydrogen-bond donors (Lipinski definition) is 4. The van der Waals surface area contributed by atoms with E-state index < -0.39 is 6.16 Å². The van der Waals surface area contributed by atoms with E-state index in [0.717, 1.165) is 0 Å². The number of rotatable bonds is 0. The molecule has 0 radical (unpaired) electrons. The van der Waals surface area contributed by atoms with Crippen LogP contribution in [0.15, 0.2) is 0 Å². The molecule has 0 saturated carbocycles. The molecule has 0 aromatic heterocycles. The third kappa shape index (κ3) is 4620. The Morgan fingerprint density at radius 2 is 1.12 bits per heavy atom. The van der Waals surface area contributed by atoms with Crippen LogP contribution in [-0.2, 0) is 0 Å². The smallest absolute Gasteiger partial charge is 0.450 e. The van der Waals surface area contributed by atoms with E-state index in [1.165, 1.54) is 0 Å². The van der Waals surface area contributed by atoms with Crippen molar-refractivity contribution in [2.75, 3.05) is 0 Å². The molecule has 5 nitrogen and oxygen atoms in total. The predicted octanol–water partition coefficient (Wildman–Crippen LogP) is -2.00.